The number of fused-ring (bicyclic) bond motifs is 2. The maximum Gasteiger partial charge on any atom is 0.0260 e. The Bertz CT molecular complexity index is 220. The van der Waals surface area contributed by atoms with Crippen molar-refractivity contribution in [3.05, 3.63) is 12.2 Å². The molecule has 4 heteroatoms. The second-order valence-corrected chi connectivity index (χ2v) is 6.05. The summed E-state index contributed by atoms with van der Waals surface area (Å²) in [5, 5.41) is 0. The van der Waals surface area contributed by atoms with Gasteiger partial charge in [0.1, 0.15) is 0 Å². The Labute approximate surface area is 117 Å². The summed E-state index contributed by atoms with van der Waals surface area (Å²) < 4.78 is 0. The monoisotopic (exact) mass is 300 g/mol. The molecule has 0 aliphatic heterocycles. The predicted molar refractivity (Wildman–Crippen MR) is 73.0 cm³/mol. The summed E-state index contributed by atoms with van der Waals surface area (Å²) in [7, 11) is 0. The van der Waals surface area contributed by atoms with Crippen molar-refractivity contribution in [2.24, 2.45) is 35.5 Å². The van der Waals surface area contributed by atoms with E-state index in [1.807, 2.05) is 0 Å². The van der Waals surface area contributed by atoms with Gasteiger partial charge in [0, 0.05) is 23.5 Å². The third-order valence-corrected chi connectivity index (χ3v) is 5.77. The average Bonchev–Trinajstić information content (AvgIpc) is 2.36. The summed E-state index contributed by atoms with van der Waals surface area (Å²) in [5.41, 5.74) is 0. The van der Waals surface area contributed by atoms with Crippen LogP contribution in [0.3, 0.4) is 0 Å². The summed E-state index contributed by atoms with van der Waals surface area (Å²) in [5.74, 6) is 5.50. The molecule has 0 aromatic carbocycles. The Morgan fingerprint density at radius 1 is 0.562 bits per heavy atom. The molecule has 0 aromatic heterocycles. The van der Waals surface area contributed by atoms with Crippen LogP contribution in [0, 0.1) is 35.5 Å². The second-order valence-electron chi connectivity index (χ2n) is 4.81. The summed E-state index contributed by atoms with van der Waals surface area (Å²) in [6.07, 6.45) is 4.58. The minimum absolute atomic E-state index is 0.465. The van der Waals surface area contributed by atoms with E-state index in [4.69, 9.17) is 46.4 Å². The number of rotatable bonds is 4. The number of hydrogen-bond donors (Lipinski definition) is 0. The van der Waals surface area contributed by atoms with Crippen LogP contribution in [0.5, 0.6) is 0 Å². The maximum atomic E-state index is 6.09. The molecule has 0 nitrogen and oxygen atoms in total. The van der Waals surface area contributed by atoms with E-state index in [1.165, 1.54) is 0 Å². The van der Waals surface area contributed by atoms with Crippen molar-refractivity contribution in [3.63, 3.8) is 0 Å². The maximum absolute atomic E-state index is 6.09. The normalized spacial score (nSPS) is 46.2. The number of halogens is 4. The molecule has 0 spiro atoms. The van der Waals surface area contributed by atoms with Crippen molar-refractivity contribution < 1.29 is 0 Å². The molecular weight excluding hydrogens is 286 g/mol. The van der Waals surface area contributed by atoms with E-state index in [0.717, 1.165) is 0 Å². The van der Waals surface area contributed by atoms with Gasteiger partial charge < -0.3 is 0 Å². The molecule has 4 unspecified atom stereocenters. The van der Waals surface area contributed by atoms with Crippen LogP contribution in [0.2, 0.25) is 0 Å². The molecule has 3 aliphatic carbocycles. The molecule has 2 bridgehead atoms. The molecule has 3 aliphatic rings. The highest BCUT2D eigenvalue weighted by molar-refractivity contribution is 6.20. The third-order valence-electron chi connectivity index (χ3n) is 4.35. The summed E-state index contributed by atoms with van der Waals surface area (Å²) >= 11 is 24.4. The van der Waals surface area contributed by atoms with Gasteiger partial charge in [0.05, 0.1) is 0 Å². The fourth-order valence-electron chi connectivity index (χ4n) is 3.47. The van der Waals surface area contributed by atoms with E-state index in [9.17, 15) is 0 Å². The first-order valence-corrected chi connectivity index (χ1v) is 7.84. The lowest BCUT2D eigenvalue weighted by Gasteiger charge is -2.52. The van der Waals surface area contributed by atoms with E-state index in [-0.39, 0.29) is 0 Å². The molecule has 0 amide bonds. The van der Waals surface area contributed by atoms with Crippen LogP contribution in [-0.2, 0) is 0 Å². The highest BCUT2D eigenvalue weighted by Gasteiger charge is 2.49. The van der Waals surface area contributed by atoms with Crippen LogP contribution in [0.1, 0.15) is 0 Å². The molecule has 92 valence electrons. The van der Waals surface area contributed by atoms with Gasteiger partial charge in [0.25, 0.3) is 0 Å². The largest absolute Gasteiger partial charge is 0.126 e. The highest BCUT2D eigenvalue weighted by Crippen LogP contribution is 2.52. The summed E-state index contributed by atoms with van der Waals surface area (Å²) in [6, 6.07) is 0. The van der Waals surface area contributed by atoms with E-state index < -0.39 is 0 Å². The van der Waals surface area contributed by atoms with E-state index in [1.54, 1.807) is 0 Å². The van der Waals surface area contributed by atoms with Crippen LogP contribution >= 0.6 is 46.4 Å². The first kappa shape index (κ1) is 13.3. The van der Waals surface area contributed by atoms with Crippen molar-refractivity contribution in [2.45, 2.75) is 0 Å². The first-order valence-electron chi connectivity index (χ1n) is 5.70. The lowest BCUT2D eigenvalue weighted by molar-refractivity contribution is 0.0502. The van der Waals surface area contributed by atoms with Crippen molar-refractivity contribution in [1.29, 1.82) is 0 Å². The lowest BCUT2D eigenvalue weighted by atomic mass is 9.55. The topological polar surface area (TPSA) is 0 Å². The van der Waals surface area contributed by atoms with Gasteiger partial charge in [-0.25, -0.2) is 0 Å². The molecule has 1 fully saturated rings. The lowest BCUT2D eigenvalue weighted by Crippen LogP contribution is -2.50. The number of alkyl halides is 4. The average molecular weight is 302 g/mol. The van der Waals surface area contributed by atoms with Crippen molar-refractivity contribution in [1.82, 2.24) is 0 Å². The van der Waals surface area contributed by atoms with Crippen LogP contribution < -0.4 is 0 Å². The molecule has 3 rings (SSSR count). The summed E-state index contributed by atoms with van der Waals surface area (Å²) in [6.45, 7) is 0. The van der Waals surface area contributed by atoms with Crippen molar-refractivity contribution in [3.8, 4) is 0 Å². The fraction of sp³-hybridized carbons (Fsp3) is 0.833. The number of hydrogen-bond acceptors (Lipinski definition) is 0. The van der Waals surface area contributed by atoms with Crippen LogP contribution in [0.4, 0.5) is 0 Å². The molecular formula is C12H16Cl4. The Morgan fingerprint density at radius 3 is 1.00 bits per heavy atom. The van der Waals surface area contributed by atoms with Crippen LogP contribution in [0.15, 0.2) is 12.2 Å². The Morgan fingerprint density at radius 2 is 0.812 bits per heavy atom. The van der Waals surface area contributed by atoms with Gasteiger partial charge in [0.15, 0.2) is 0 Å². The highest BCUT2D eigenvalue weighted by atomic mass is 35.5. The quantitative estimate of drug-likeness (QED) is 0.539. The van der Waals surface area contributed by atoms with Gasteiger partial charge >= 0.3 is 0 Å². The molecule has 16 heavy (non-hydrogen) atoms. The predicted octanol–water partition coefficient (Wildman–Crippen LogP) is 4.22. The number of allylic oxidation sites excluding steroid dienone is 2. The molecule has 0 heterocycles. The van der Waals surface area contributed by atoms with Gasteiger partial charge in [-0.2, -0.15) is 0 Å². The van der Waals surface area contributed by atoms with Crippen molar-refractivity contribution in [2.75, 3.05) is 23.5 Å². The smallest absolute Gasteiger partial charge is 0.0260 e. The third kappa shape index (κ3) is 2.00. The van der Waals surface area contributed by atoms with Gasteiger partial charge in [-0.3, -0.25) is 0 Å². The molecule has 0 radical (unpaired) electrons. The zero-order valence-corrected chi connectivity index (χ0v) is 12.0. The zero-order chi connectivity index (χ0) is 11.7. The van der Waals surface area contributed by atoms with Crippen LogP contribution in [0.25, 0.3) is 0 Å². The standard InChI is InChI=1S/C12H16Cl4/c13-3-9-7-1-2-8(11(9)5-15)12(6-16)10(7)4-14/h1-2,7-12H,3-6H2. The van der Waals surface area contributed by atoms with Gasteiger partial charge in [-0.05, 0) is 35.5 Å². The van der Waals surface area contributed by atoms with E-state index in [0.29, 0.717) is 59.0 Å². The van der Waals surface area contributed by atoms with Gasteiger partial charge in [-0.1, -0.05) is 12.2 Å². The van der Waals surface area contributed by atoms with E-state index in [2.05, 4.69) is 12.2 Å². The first-order chi connectivity index (χ1) is 7.78. The molecule has 0 N–H and O–H groups in total. The minimum atomic E-state index is 0.465. The fourth-order valence-corrected chi connectivity index (χ4v) is 5.21. The zero-order valence-electron chi connectivity index (χ0n) is 8.96. The Balaban J connectivity index is 2.29. The Hall–Kier alpha value is 0.900. The molecule has 0 saturated heterocycles. The van der Waals surface area contributed by atoms with Gasteiger partial charge in [0.2, 0.25) is 0 Å². The second kappa shape index (κ2) is 5.69. The van der Waals surface area contributed by atoms with E-state index >= 15 is 0 Å². The molecule has 1 saturated carbocycles. The van der Waals surface area contributed by atoms with Crippen LogP contribution in [-0.4, -0.2) is 23.5 Å². The Kier molecular flexibility index (Phi) is 4.74. The minimum Gasteiger partial charge on any atom is -0.126 e. The van der Waals surface area contributed by atoms with Gasteiger partial charge in [-0.15, -0.1) is 46.4 Å². The van der Waals surface area contributed by atoms with Crippen molar-refractivity contribution >= 4 is 46.4 Å². The SMILES string of the molecule is ClCC1C2C=CC(C1CCl)C(CCl)C2CCl. The molecule has 4 atom stereocenters. The molecule has 0 aromatic rings. The summed E-state index contributed by atoms with van der Waals surface area (Å²) in [4.78, 5) is 0.